The van der Waals surface area contributed by atoms with Gasteiger partial charge in [-0.05, 0) is 28.3 Å². The largest absolute Gasteiger partial charge is 0.292 e. The molecule has 3 N–H and O–H groups in total. The minimum Gasteiger partial charge on any atom is -0.292 e. The molecule has 0 aromatic carbocycles. The number of rotatable bonds is 4. The topological polar surface area (TPSA) is 138 Å². The lowest BCUT2D eigenvalue weighted by Gasteiger charge is -2.05. The van der Waals surface area contributed by atoms with Crippen molar-refractivity contribution in [2.45, 2.75) is 10.3 Å². The number of aryl methyl sites for hydroxylation is 1. The molecular formula is C8H9N11S. The Morgan fingerprint density at radius 1 is 1.30 bits per heavy atom. The van der Waals surface area contributed by atoms with Crippen LogP contribution in [0.5, 0.6) is 0 Å². The molecule has 3 aromatic rings. The van der Waals surface area contributed by atoms with Crippen LogP contribution in [0.25, 0.3) is 5.95 Å². The number of anilines is 1. The standard InChI is InChI=1S/C8H9N11S/c1-18-8(15-16-17-18)20-7-12-5(14-9)11-6(13-7)19-4-2-3-10-19/h2-4H,9H2,1H3,(H,11,12,13,14). The molecule has 0 saturated heterocycles. The summed E-state index contributed by atoms with van der Waals surface area (Å²) in [4.78, 5) is 12.5. The maximum Gasteiger partial charge on any atom is 0.256 e. The molecule has 0 spiro atoms. The normalized spacial score (nSPS) is 10.7. The molecule has 3 aromatic heterocycles. The van der Waals surface area contributed by atoms with E-state index in [2.05, 4.69) is 41.0 Å². The van der Waals surface area contributed by atoms with E-state index < -0.39 is 0 Å². The minimum absolute atomic E-state index is 0.225. The highest BCUT2D eigenvalue weighted by atomic mass is 32.2. The zero-order valence-corrected chi connectivity index (χ0v) is 11.1. The number of hydrogen-bond acceptors (Lipinski definition) is 10. The Hall–Kier alpha value is -2.60. The summed E-state index contributed by atoms with van der Waals surface area (Å²) in [6.45, 7) is 0. The van der Waals surface area contributed by atoms with E-state index >= 15 is 0 Å². The average molecular weight is 291 g/mol. The number of nitrogen functional groups attached to an aromatic ring is 1. The van der Waals surface area contributed by atoms with Gasteiger partial charge in [-0.3, -0.25) is 5.43 Å². The highest BCUT2D eigenvalue weighted by molar-refractivity contribution is 7.99. The van der Waals surface area contributed by atoms with E-state index in [4.69, 9.17) is 5.84 Å². The minimum atomic E-state index is 0.225. The Kier molecular flexibility index (Phi) is 3.22. The highest BCUT2D eigenvalue weighted by Gasteiger charge is 2.12. The van der Waals surface area contributed by atoms with E-state index in [0.717, 1.165) is 0 Å². The zero-order valence-electron chi connectivity index (χ0n) is 10.2. The smallest absolute Gasteiger partial charge is 0.256 e. The van der Waals surface area contributed by atoms with Gasteiger partial charge < -0.3 is 0 Å². The number of aromatic nitrogens is 9. The summed E-state index contributed by atoms with van der Waals surface area (Å²) in [6.07, 6.45) is 3.34. The van der Waals surface area contributed by atoms with Gasteiger partial charge in [0.1, 0.15) is 0 Å². The zero-order chi connectivity index (χ0) is 13.9. The Morgan fingerprint density at radius 3 is 2.85 bits per heavy atom. The highest BCUT2D eigenvalue weighted by Crippen LogP contribution is 2.22. The van der Waals surface area contributed by atoms with Crippen molar-refractivity contribution in [1.82, 2.24) is 44.9 Å². The second-order valence-corrected chi connectivity index (χ2v) is 4.46. The number of nitrogens with zero attached hydrogens (tertiary/aromatic N) is 9. The molecule has 3 rings (SSSR count). The van der Waals surface area contributed by atoms with Crippen LogP contribution in [0.2, 0.25) is 0 Å². The first kappa shape index (κ1) is 12.4. The quantitative estimate of drug-likeness (QED) is 0.455. The Morgan fingerprint density at radius 2 is 2.20 bits per heavy atom. The van der Waals surface area contributed by atoms with Crippen molar-refractivity contribution in [2.75, 3.05) is 5.43 Å². The molecule has 0 aliphatic heterocycles. The summed E-state index contributed by atoms with van der Waals surface area (Å²) in [6, 6.07) is 1.76. The van der Waals surface area contributed by atoms with Crippen LogP contribution < -0.4 is 11.3 Å². The molecule has 0 amide bonds. The van der Waals surface area contributed by atoms with Crippen molar-refractivity contribution < 1.29 is 0 Å². The fraction of sp³-hybridized carbons (Fsp3) is 0.125. The van der Waals surface area contributed by atoms with Crippen LogP contribution in [0.3, 0.4) is 0 Å². The van der Waals surface area contributed by atoms with Gasteiger partial charge in [-0.25, -0.2) is 15.2 Å². The first-order chi connectivity index (χ1) is 9.76. The summed E-state index contributed by atoms with van der Waals surface area (Å²) in [5.41, 5.74) is 2.39. The van der Waals surface area contributed by atoms with Gasteiger partial charge in [-0.1, -0.05) is 0 Å². The van der Waals surface area contributed by atoms with Crippen molar-refractivity contribution in [3.05, 3.63) is 18.5 Å². The molecule has 12 heteroatoms. The molecule has 0 atom stereocenters. The molecule has 20 heavy (non-hydrogen) atoms. The van der Waals surface area contributed by atoms with Gasteiger partial charge in [0.15, 0.2) is 0 Å². The fourth-order valence-corrected chi connectivity index (χ4v) is 2.00. The summed E-state index contributed by atoms with van der Waals surface area (Å²) < 4.78 is 3.01. The Balaban J connectivity index is 1.98. The summed E-state index contributed by atoms with van der Waals surface area (Å²) in [5, 5.41) is 16.1. The van der Waals surface area contributed by atoms with E-state index in [1.54, 1.807) is 25.5 Å². The number of hydrazine groups is 1. The fourth-order valence-electron chi connectivity index (χ4n) is 1.33. The lowest BCUT2D eigenvalue weighted by Crippen LogP contribution is -2.14. The van der Waals surface area contributed by atoms with Crippen molar-refractivity contribution in [3.63, 3.8) is 0 Å². The number of hydrogen-bond donors (Lipinski definition) is 2. The van der Waals surface area contributed by atoms with Crippen LogP contribution in [0.4, 0.5) is 5.95 Å². The van der Waals surface area contributed by atoms with E-state index in [0.29, 0.717) is 16.3 Å². The van der Waals surface area contributed by atoms with E-state index in [1.165, 1.54) is 21.1 Å². The maximum atomic E-state index is 5.36. The molecule has 0 unspecified atom stereocenters. The van der Waals surface area contributed by atoms with Gasteiger partial charge in [0, 0.05) is 19.4 Å². The second kappa shape index (κ2) is 5.18. The molecule has 0 aliphatic rings. The molecule has 102 valence electrons. The summed E-state index contributed by atoms with van der Waals surface area (Å²) in [5.74, 6) is 5.93. The third-order valence-electron chi connectivity index (χ3n) is 2.21. The molecule has 0 fully saturated rings. The van der Waals surface area contributed by atoms with Crippen molar-refractivity contribution in [1.29, 1.82) is 0 Å². The van der Waals surface area contributed by atoms with E-state index in [-0.39, 0.29) is 5.95 Å². The number of nitrogens with one attached hydrogen (secondary N) is 1. The van der Waals surface area contributed by atoms with Gasteiger partial charge in [-0.2, -0.15) is 20.1 Å². The first-order valence-corrected chi connectivity index (χ1v) is 6.21. The molecule has 0 saturated carbocycles. The maximum absolute atomic E-state index is 5.36. The van der Waals surface area contributed by atoms with Gasteiger partial charge >= 0.3 is 0 Å². The van der Waals surface area contributed by atoms with Crippen molar-refractivity contribution >= 4 is 17.7 Å². The molecule has 3 heterocycles. The number of tetrazole rings is 1. The molecular weight excluding hydrogens is 282 g/mol. The van der Waals surface area contributed by atoms with Gasteiger partial charge in [0.25, 0.3) is 5.95 Å². The third kappa shape index (κ3) is 2.41. The van der Waals surface area contributed by atoms with Crippen LogP contribution in [0.15, 0.2) is 28.8 Å². The van der Waals surface area contributed by atoms with Gasteiger partial charge in [0.05, 0.1) is 0 Å². The lowest BCUT2D eigenvalue weighted by atomic mass is 10.7. The van der Waals surface area contributed by atoms with Crippen LogP contribution in [-0.2, 0) is 7.05 Å². The Labute approximate surface area is 116 Å². The monoisotopic (exact) mass is 291 g/mol. The van der Waals surface area contributed by atoms with Crippen LogP contribution >= 0.6 is 11.8 Å². The molecule has 11 nitrogen and oxygen atoms in total. The van der Waals surface area contributed by atoms with Gasteiger partial charge in [0.2, 0.25) is 16.3 Å². The number of nitrogens with two attached hydrogens (primary N) is 1. The predicted octanol–water partition coefficient (Wildman–Crippen LogP) is -0.982. The van der Waals surface area contributed by atoms with E-state index in [9.17, 15) is 0 Å². The van der Waals surface area contributed by atoms with Gasteiger partial charge in [-0.15, -0.1) is 5.10 Å². The second-order valence-electron chi connectivity index (χ2n) is 3.52. The lowest BCUT2D eigenvalue weighted by molar-refractivity contribution is 0.663. The average Bonchev–Trinajstić information content (AvgIpc) is 3.11. The first-order valence-electron chi connectivity index (χ1n) is 5.39. The summed E-state index contributed by atoms with van der Waals surface area (Å²) >= 11 is 1.19. The van der Waals surface area contributed by atoms with E-state index in [1.807, 2.05) is 0 Å². The Bertz CT molecular complexity index is 705. The summed E-state index contributed by atoms with van der Waals surface area (Å²) in [7, 11) is 1.72. The van der Waals surface area contributed by atoms with Crippen LogP contribution in [0.1, 0.15) is 0 Å². The van der Waals surface area contributed by atoms with Crippen LogP contribution in [0, 0.1) is 0 Å². The van der Waals surface area contributed by atoms with Crippen LogP contribution in [-0.4, -0.2) is 44.9 Å². The predicted molar refractivity (Wildman–Crippen MR) is 67.7 cm³/mol. The van der Waals surface area contributed by atoms with Crippen molar-refractivity contribution in [3.8, 4) is 5.95 Å². The molecule has 0 aliphatic carbocycles. The third-order valence-corrected chi connectivity index (χ3v) is 3.10. The van der Waals surface area contributed by atoms with Crippen molar-refractivity contribution in [2.24, 2.45) is 12.9 Å². The molecule has 0 radical (unpaired) electrons. The SMILES string of the molecule is Cn1nnnc1Sc1nc(NN)nc(-n2cccn2)n1. The molecule has 0 bridgehead atoms.